The Balaban J connectivity index is 1.94. The van der Waals surface area contributed by atoms with E-state index in [2.05, 4.69) is 0 Å². The van der Waals surface area contributed by atoms with Gasteiger partial charge in [0.05, 0.1) is 0 Å². The smallest absolute Gasteiger partial charge is 0.446 e. The van der Waals surface area contributed by atoms with Crippen molar-refractivity contribution in [1.29, 1.82) is 0 Å². The second kappa shape index (κ2) is 5.67. The van der Waals surface area contributed by atoms with Crippen LogP contribution in [0, 0.1) is 0 Å². The Morgan fingerprint density at radius 1 is 1.29 bits per heavy atom. The van der Waals surface area contributed by atoms with Gasteiger partial charge in [-0.3, -0.25) is 0 Å². The third kappa shape index (κ3) is 3.10. The number of amidine groups is 1. The highest BCUT2D eigenvalue weighted by atomic mass is 16.6. The maximum absolute atomic E-state index is 12.1. The van der Waals surface area contributed by atoms with Crippen LogP contribution in [0.4, 0.5) is 10.5 Å². The number of aliphatic hydroxyl groups is 1. The molecule has 1 amide bonds. The van der Waals surface area contributed by atoms with Gasteiger partial charge in [0.15, 0.2) is 0 Å². The molecule has 0 bridgehead atoms. The molecule has 24 heavy (non-hydrogen) atoms. The van der Waals surface area contributed by atoms with E-state index >= 15 is 0 Å². The molecule has 2 aromatic rings. The summed E-state index contributed by atoms with van der Waals surface area (Å²) in [4.78, 5) is 24.7. The van der Waals surface area contributed by atoms with E-state index in [4.69, 9.17) is 9.15 Å². The topological polar surface area (TPSA) is 83.0 Å². The zero-order valence-electron chi connectivity index (χ0n) is 13.8. The lowest BCUT2D eigenvalue weighted by Crippen LogP contribution is -2.39. The van der Waals surface area contributed by atoms with Crippen LogP contribution in [-0.4, -0.2) is 45.4 Å². The van der Waals surface area contributed by atoms with Crippen LogP contribution in [0.25, 0.3) is 11.0 Å². The molecule has 0 fully saturated rings. The Morgan fingerprint density at radius 2 is 2.00 bits per heavy atom. The Bertz CT molecular complexity index is 892. The van der Waals surface area contributed by atoms with Crippen LogP contribution >= 0.6 is 0 Å². The third-order valence-corrected chi connectivity index (χ3v) is 3.56. The summed E-state index contributed by atoms with van der Waals surface area (Å²) < 4.78 is 12.0. The summed E-state index contributed by atoms with van der Waals surface area (Å²) >= 11 is 0. The molecule has 2 heterocycles. The zero-order valence-corrected chi connectivity index (χ0v) is 13.8. The molecule has 1 aromatic heterocycles. The average Bonchev–Trinajstić information content (AvgIpc) is 2.86. The van der Waals surface area contributed by atoms with Crippen LogP contribution in [0.1, 0.15) is 20.8 Å². The zero-order chi connectivity index (χ0) is 17.5. The largest absolute Gasteiger partial charge is 0.510 e. The minimum absolute atomic E-state index is 0.207. The Morgan fingerprint density at radius 3 is 2.71 bits per heavy atom. The van der Waals surface area contributed by atoms with Crippen LogP contribution in [0.2, 0.25) is 0 Å². The number of carbonyl (C=O) groups excluding carboxylic acids is 1. The maximum atomic E-state index is 12.1. The van der Waals surface area contributed by atoms with Crippen LogP contribution < -0.4 is 5.63 Å². The van der Waals surface area contributed by atoms with Crippen molar-refractivity contribution in [3.63, 3.8) is 0 Å². The summed E-state index contributed by atoms with van der Waals surface area (Å²) in [6, 6.07) is 8.05. The Kier molecular flexibility index (Phi) is 3.79. The molecule has 7 heteroatoms. The molecule has 1 aromatic carbocycles. The summed E-state index contributed by atoms with van der Waals surface area (Å²) in [5.41, 5.74) is -0.0366. The summed E-state index contributed by atoms with van der Waals surface area (Å²) in [6.45, 7) is 6.01. The lowest BCUT2D eigenvalue weighted by Gasteiger charge is -2.19. The number of aliphatic hydroxyl groups excluding tert-OH is 1. The van der Waals surface area contributed by atoms with Crippen LogP contribution in [-0.2, 0) is 4.74 Å². The first-order valence-electron chi connectivity index (χ1n) is 7.62. The van der Waals surface area contributed by atoms with E-state index in [-0.39, 0.29) is 6.02 Å². The summed E-state index contributed by atoms with van der Waals surface area (Å²) in [5, 5.41) is 11.2. The highest BCUT2D eigenvalue weighted by Gasteiger charge is 2.40. The highest BCUT2D eigenvalue weighted by Crippen LogP contribution is 2.22. The van der Waals surface area contributed by atoms with Gasteiger partial charge in [0.1, 0.15) is 30.0 Å². The molecule has 1 aliphatic heterocycles. The van der Waals surface area contributed by atoms with E-state index in [1.165, 1.54) is 11.0 Å². The van der Waals surface area contributed by atoms with Crippen molar-refractivity contribution in [3.8, 4) is 0 Å². The molecule has 7 nitrogen and oxygen atoms in total. The number of hydrogen-bond acceptors (Lipinski definition) is 4. The van der Waals surface area contributed by atoms with Crippen LogP contribution in [0.3, 0.4) is 0 Å². The molecule has 0 unspecified atom stereocenters. The molecule has 0 spiro atoms. The van der Waals surface area contributed by atoms with Gasteiger partial charge in [-0.2, -0.15) is 9.37 Å². The number of nitrogens with zero attached hydrogens (tertiary/aromatic N) is 2. The van der Waals surface area contributed by atoms with Crippen molar-refractivity contribution in [2.75, 3.05) is 13.1 Å². The normalized spacial score (nSPS) is 15.2. The summed E-state index contributed by atoms with van der Waals surface area (Å²) in [5.74, 6) is 0. The van der Waals surface area contributed by atoms with E-state index in [9.17, 15) is 14.7 Å². The molecule has 0 aliphatic carbocycles. The van der Waals surface area contributed by atoms with Gasteiger partial charge in [-0.1, -0.05) is 0 Å². The van der Waals surface area contributed by atoms with Gasteiger partial charge in [0.25, 0.3) is 0 Å². The van der Waals surface area contributed by atoms with Crippen LogP contribution in [0.5, 0.6) is 0 Å². The minimum atomic E-state index is -0.642. The van der Waals surface area contributed by atoms with Gasteiger partial charge in [-0.05, 0) is 39.0 Å². The number of amides is 1. The number of ether oxygens (including phenoxy) is 1. The molecular formula is C17H19N2O5+. The maximum Gasteiger partial charge on any atom is 0.510 e. The SMILES string of the molecule is CC(C)(C)OC(=O)N1CC[N+](c2ccc3ccc(=O)oc3c2)=C1O. The fourth-order valence-corrected chi connectivity index (χ4v) is 2.50. The van der Waals surface area contributed by atoms with Crippen LogP contribution in [0.15, 0.2) is 39.5 Å². The molecule has 3 rings (SSSR count). The second-order valence-corrected chi connectivity index (χ2v) is 6.56. The van der Waals surface area contributed by atoms with E-state index in [1.807, 2.05) is 0 Å². The second-order valence-electron chi connectivity index (χ2n) is 6.56. The first kappa shape index (κ1) is 16.0. The number of fused-ring (bicyclic) bond motifs is 1. The van der Waals surface area contributed by atoms with Crippen molar-refractivity contribution in [2.45, 2.75) is 26.4 Å². The lowest BCUT2D eigenvalue weighted by atomic mass is 10.2. The average molecular weight is 331 g/mol. The first-order chi connectivity index (χ1) is 11.2. The van der Waals surface area contributed by atoms with Gasteiger partial charge < -0.3 is 14.3 Å². The molecule has 1 aliphatic rings. The lowest BCUT2D eigenvalue weighted by molar-refractivity contribution is -0.437. The van der Waals surface area contributed by atoms with Gasteiger partial charge >= 0.3 is 17.7 Å². The number of benzene rings is 1. The molecule has 0 atom stereocenters. The van der Waals surface area contributed by atoms with Gasteiger partial charge in [0.2, 0.25) is 0 Å². The molecular weight excluding hydrogens is 312 g/mol. The molecule has 0 radical (unpaired) electrons. The number of carbonyl (C=O) groups is 1. The summed E-state index contributed by atoms with van der Waals surface area (Å²) in [7, 11) is 0. The van der Waals surface area contributed by atoms with E-state index in [1.54, 1.807) is 49.6 Å². The summed E-state index contributed by atoms with van der Waals surface area (Å²) in [6.07, 6.45) is -0.602. The number of hydrogen-bond donors (Lipinski definition) is 1. The molecule has 0 saturated heterocycles. The van der Waals surface area contributed by atoms with E-state index in [0.29, 0.717) is 24.4 Å². The molecule has 126 valence electrons. The van der Waals surface area contributed by atoms with Crippen molar-refractivity contribution < 1.29 is 23.6 Å². The fourth-order valence-electron chi connectivity index (χ4n) is 2.50. The third-order valence-electron chi connectivity index (χ3n) is 3.56. The first-order valence-corrected chi connectivity index (χ1v) is 7.62. The predicted molar refractivity (Wildman–Crippen MR) is 87.8 cm³/mol. The van der Waals surface area contributed by atoms with Crippen molar-refractivity contribution in [1.82, 2.24) is 4.90 Å². The molecule has 1 N–H and O–H groups in total. The Labute approximate surface area is 138 Å². The standard InChI is InChI=1S/C17H18N2O5/c1-17(2,3)24-16(22)19-9-8-18(15(19)21)12-6-4-11-5-7-14(20)23-13(11)10-12/h4-7,10H,8-9H2,1-3H3/p+1. The quantitative estimate of drug-likeness (QED) is 0.641. The predicted octanol–water partition coefficient (Wildman–Crippen LogP) is 2.60. The van der Waals surface area contributed by atoms with Gasteiger partial charge in [-0.25, -0.2) is 4.79 Å². The van der Waals surface area contributed by atoms with Crippen molar-refractivity contribution in [3.05, 3.63) is 40.8 Å². The minimum Gasteiger partial charge on any atom is -0.446 e. The highest BCUT2D eigenvalue weighted by molar-refractivity contribution is 5.89. The van der Waals surface area contributed by atoms with Gasteiger partial charge in [-0.15, -0.1) is 4.90 Å². The fraction of sp³-hybridized carbons (Fsp3) is 0.353. The van der Waals surface area contributed by atoms with Gasteiger partial charge in [0, 0.05) is 17.5 Å². The van der Waals surface area contributed by atoms with Crippen molar-refractivity contribution in [2.24, 2.45) is 0 Å². The molecule has 0 saturated carbocycles. The van der Waals surface area contributed by atoms with Crippen molar-refractivity contribution >= 4 is 28.8 Å². The van der Waals surface area contributed by atoms with E-state index < -0.39 is 17.3 Å². The monoisotopic (exact) mass is 331 g/mol. The number of rotatable bonds is 1. The van der Waals surface area contributed by atoms with E-state index in [0.717, 1.165) is 5.39 Å². The Hall–Kier alpha value is -2.83.